The Morgan fingerprint density at radius 3 is 2.44 bits per heavy atom. The fourth-order valence-corrected chi connectivity index (χ4v) is 1.64. The van der Waals surface area contributed by atoms with Gasteiger partial charge in [-0.1, -0.05) is 12.1 Å². The third kappa shape index (κ3) is 2.89. The Kier molecular flexibility index (Phi) is 3.67. The van der Waals surface area contributed by atoms with Crippen molar-refractivity contribution in [3.8, 4) is 11.5 Å². The second kappa shape index (κ2) is 5.21. The SMILES string of the molecule is CCOc1ccccc1OCC(O)C1CC1. The molecule has 0 aliphatic heterocycles. The van der Waals surface area contributed by atoms with Crippen molar-refractivity contribution in [1.29, 1.82) is 0 Å². The third-order valence-corrected chi connectivity index (χ3v) is 2.72. The molecule has 3 heteroatoms. The van der Waals surface area contributed by atoms with Crippen molar-refractivity contribution in [3.63, 3.8) is 0 Å². The maximum absolute atomic E-state index is 9.71. The summed E-state index contributed by atoms with van der Waals surface area (Å²) in [7, 11) is 0. The topological polar surface area (TPSA) is 38.7 Å². The van der Waals surface area contributed by atoms with Crippen molar-refractivity contribution in [2.75, 3.05) is 13.2 Å². The van der Waals surface area contributed by atoms with Crippen LogP contribution < -0.4 is 9.47 Å². The smallest absolute Gasteiger partial charge is 0.161 e. The van der Waals surface area contributed by atoms with Crippen LogP contribution in [0.2, 0.25) is 0 Å². The molecule has 88 valence electrons. The monoisotopic (exact) mass is 222 g/mol. The average molecular weight is 222 g/mol. The van der Waals surface area contributed by atoms with Crippen molar-refractivity contribution >= 4 is 0 Å². The van der Waals surface area contributed by atoms with Crippen LogP contribution in [0.3, 0.4) is 0 Å². The highest BCUT2D eigenvalue weighted by Gasteiger charge is 2.30. The summed E-state index contributed by atoms with van der Waals surface area (Å²) in [5.74, 6) is 1.90. The predicted molar refractivity (Wildman–Crippen MR) is 61.8 cm³/mol. The van der Waals surface area contributed by atoms with Gasteiger partial charge in [-0.2, -0.15) is 0 Å². The molecule has 1 aromatic carbocycles. The molecule has 2 rings (SSSR count). The number of para-hydroxylation sites is 2. The maximum atomic E-state index is 9.71. The lowest BCUT2D eigenvalue weighted by molar-refractivity contribution is 0.0876. The minimum atomic E-state index is -0.338. The summed E-state index contributed by atoms with van der Waals surface area (Å²) in [5.41, 5.74) is 0. The molecule has 0 radical (unpaired) electrons. The molecule has 0 saturated heterocycles. The van der Waals surface area contributed by atoms with Crippen molar-refractivity contribution in [2.24, 2.45) is 5.92 Å². The highest BCUT2D eigenvalue weighted by Crippen LogP contribution is 2.33. The van der Waals surface area contributed by atoms with Crippen LogP contribution in [0, 0.1) is 5.92 Å². The van der Waals surface area contributed by atoms with Gasteiger partial charge in [0.15, 0.2) is 11.5 Å². The Bertz CT molecular complexity index is 334. The number of hydrogen-bond donors (Lipinski definition) is 1. The number of benzene rings is 1. The van der Waals surface area contributed by atoms with Gasteiger partial charge in [0.05, 0.1) is 12.7 Å². The summed E-state index contributed by atoms with van der Waals surface area (Å²) >= 11 is 0. The van der Waals surface area contributed by atoms with E-state index in [1.165, 1.54) is 0 Å². The highest BCUT2D eigenvalue weighted by atomic mass is 16.5. The number of ether oxygens (including phenoxy) is 2. The van der Waals surface area contributed by atoms with Gasteiger partial charge in [0, 0.05) is 0 Å². The average Bonchev–Trinajstić information content (AvgIpc) is 3.12. The lowest BCUT2D eigenvalue weighted by atomic mass is 10.2. The van der Waals surface area contributed by atoms with Gasteiger partial charge in [-0.3, -0.25) is 0 Å². The van der Waals surface area contributed by atoms with E-state index in [-0.39, 0.29) is 6.10 Å². The normalized spacial score (nSPS) is 16.9. The summed E-state index contributed by atoms with van der Waals surface area (Å²) in [6.07, 6.45) is 1.91. The van der Waals surface area contributed by atoms with Crippen LogP contribution >= 0.6 is 0 Å². The van der Waals surface area contributed by atoms with Crippen LogP contribution in [0.4, 0.5) is 0 Å². The molecule has 1 aromatic rings. The largest absolute Gasteiger partial charge is 0.490 e. The van der Waals surface area contributed by atoms with E-state index in [0.717, 1.165) is 18.6 Å². The summed E-state index contributed by atoms with van der Waals surface area (Å²) in [6.45, 7) is 2.91. The van der Waals surface area contributed by atoms with E-state index in [1.54, 1.807) is 0 Å². The van der Waals surface area contributed by atoms with E-state index in [0.29, 0.717) is 24.9 Å². The summed E-state index contributed by atoms with van der Waals surface area (Å²) in [6, 6.07) is 7.56. The molecule has 0 aromatic heterocycles. The van der Waals surface area contributed by atoms with Crippen LogP contribution in [0.15, 0.2) is 24.3 Å². The molecule has 1 fully saturated rings. The second-order valence-corrected chi connectivity index (χ2v) is 4.10. The van der Waals surface area contributed by atoms with Gasteiger partial charge < -0.3 is 14.6 Å². The van der Waals surface area contributed by atoms with Crippen molar-refractivity contribution in [3.05, 3.63) is 24.3 Å². The molecule has 1 saturated carbocycles. The summed E-state index contributed by atoms with van der Waals surface area (Å²) < 4.78 is 11.0. The third-order valence-electron chi connectivity index (χ3n) is 2.72. The predicted octanol–water partition coefficient (Wildman–Crippen LogP) is 2.24. The summed E-state index contributed by atoms with van der Waals surface area (Å²) in [5, 5.41) is 9.71. The van der Waals surface area contributed by atoms with Crippen LogP contribution in [0.5, 0.6) is 11.5 Å². The number of aliphatic hydroxyl groups is 1. The van der Waals surface area contributed by atoms with Crippen LogP contribution in [0.25, 0.3) is 0 Å². The zero-order valence-electron chi connectivity index (χ0n) is 9.56. The second-order valence-electron chi connectivity index (χ2n) is 4.10. The van der Waals surface area contributed by atoms with Gasteiger partial charge in [-0.25, -0.2) is 0 Å². The Morgan fingerprint density at radius 1 is 1.25 bits per heavy atom. The molecular weight excluding hydrogens is 204 g/mol. The van der Waals surface area contributed by atoms with Gasteiger partial charge in [-0.05, 0) is 37.8 Å². The minimum Gasteiger partial charge on any atom is -0.490 e. The van der Waals surface area contributed by atoms with E-state index >= 15 is 0 Å². The van der Waals surface area contributed by atoms with Crippen LogP contribution in [0.1, 0.15) is 19.8 Å². The first-order chi connectivity index (χ1) is 7.81. The van der Waals surface area contributed by atoms with Gasteiger partial charge in [0.1, 0.15) is 6.61 Å². The Morgan fingerprint density at radius 2 is 1.88 bits per heavy atom. The Hall–Kier alpha value is -1.22. The van der Waals surface area contributed by atoms with Gasteiger partial charge in [0.2, 0.25) is 0 Å². The van der Waals surface area contributed by atoms with Gasteiger partial charge in [-0.15, -0.1) is 0 Å². The van der Waals surface area contributed by atoms with Gasteiger partial charge >= 0.3 is 0 Å². The van der Waals surface area contributed by atoms with Crippen LogP contribution in [-0.2, 0) is 0 Å². The first-order valence-corrected chi connectivity index (χ1v) is 5.84. The van der Waals surface area contributed by atoms with E-state index in [4.69, 9.17) is 9.47 Å². The van der Waals surface area contributed by atoms with E-state index in [9.17, 15) is 5.11 Å². The lowest BCUT2D eigenvalue weighted by Gasteiger charge is -2.14. The van der Waals surface area contributed by atoms with E-state index in [1.807, 2.05) is 31.2 Å². The van der Waals surface area contributed by atoms with Crippen molar-refractivity contribution in [1.82, 2.24) is 0 Å². The molecule has 1 N–H and O–H groups in total. The lowest BCUT2D eigenvalue weighted by Crippen LogP contribution is -2.19. The highest BCUT2D eigenvalue weighted by molar-refractivity contribution is 5.39. The zero-order chi connectivity index (χ0) is 11.4. The molecule has 1 unspecified atom stereocenters. The van der Waals surface area contributed by atoms with Crippen molar-refractivity contribution < 1.29 is 14.6 Å². The fourth-order valence-electron chi connectivity index (χ4n) is 1.64. The molecule has 3 nitrogen and oxygen atoms in total. The Labute approximate surface area is 96.0 Å². The Balaban J connectivity index is 1.91. The minimum absolute atomic E-state index is 0.338. The fraction of sp³-hybridized carbons (Fsp3) is 0.538. The maximum Gasteiger partial charge on any atom is 0.161 e. The molecular formula is C13H18O3. The molecule has 1 aliphatic rings. The zero-order valence-corrected chi connectivity index (χ0v) is 9.56. The number of rotatable bonds is 6. The number of aliphatic hydroxyl groups excluding tert-OH is 1. The molecule has 0 spiro atoms. The number of hydrogen-bond acceptors (Lipinski definition) is 3. The van der Waals surface area contributed by atoms with Crippen LogP contribution in [-0.4, -0.2) is 24.4 Å². The van der Waals surface area contributed by atoms with Crippen molar-refractivity contribution in [2.45, 2.75) is 25.9 Å². The molecule has 0 amide bonds. The molecule has 1 aliphatic carbocycles. The molecule has 16 heavy (non-hydrogen) atoms. The van der Waals surface area contributed by atoms with Gasteiger partial charge in [0.25, 0.3) is 0 Å². The first kappa shape index (κ1) is 11.3. The standard InChI is InChI=1S/C13H18O3/c1-2-15-12-5-3-4-6-13(12)16-9-11(14)10-7-8-10/h3-6,10-11,14H,2,7-9H2,1H3. The molecule has 0 bridgehead atoms. The summed E-state index contributed by atoms with van der Waals surface area (Å²) in [4.78, 5) is 0. The first-order valence-electron chi connectivity index (χ1n) is 5.84. The van der Waals surface area contributed by atoms with E-state index < -0.39 is 0 Å². The molecule has 1 atom stereocenters. The van der Waals surface area contributed by atoms with E-state index in [2.05, 4.69) is 0 Å². The molecule has 0 heterocycles. The quantitative estimate of drug-likeness (QED) is 0.802.